The van der Waals surface area contributed by atoms with E-state index in [0.29, 0.717) is 47.4 Å². The van der Waals surface area contributed by atoms with Crippen LogP contribution in [0, 0.1) is 0 Å². The molecule has 0 aromatic heterocycles. The molecule has 2 aromatic rings. The zero-order valence-corrected chi connectivity index (χ0v) is 15.1. The van der Waals surface area contributed by atoms with Crippen LogP contribution in [-0.4, -0.2) is 30.6 Å². The van der Waals surface area contributed by atoms with E-state index >= 15 is 0 Å². The van der Waals surface area contributed by atoms with Crippen molar-refractivity contribution in [3.63, 3.8) is 0 Å². The molecule has 1 atom stereocenters. The van der Waals surface area contributed by atoms with E-state index in [4.69, 9.17) is 28.9 Å². The number of aliphatic hydroxyl groups excluding tert-OH is 1. The molecule has 0 aliphatic carbocycles. The van der Waals surface area contributed by atoms with Crippen LogP contribution in [0.2, 0.25) is 10.0 Å². The number of anilines is 1. The molecule has 0 aliphatic rings. The van der Waals surface area contributed by atoms with Crippen molar-refractivity contribution in [3.05, 3.63) is 63.6 Å². The molecule has 0 fully saturated rings. The highest BCUT2D eigenvalue weighted by Gasteiger charge is 2.12. The summed E-state index contributed by atoms with van der Waals surface area (Å²) >= 11 is 11.9. The van der Waals surface area contributed by atoms with E-state index in [2.05, 4.69) is 10.6 Å². The number of benzene rings is 2. The summed E-state index contributed by atoms with van der Waals surface area (Å²) in [6, 6.07) is 12.7. The second kappa shape index (κ2) is 9.63. The molecule has 0 aliphatic heterocycles. The first kappa shape index (κ1) is 19.5. The van der Waals surface area contributed by atoms with Gasteiger partial charge in [0, 0.05) is 19.6 Å². The highest BCUT2D eigenvalue weighted by atomic mass is 35.5. The lowest BCUT2D eigenvalue weighted by Crippen LogP contribution is -2.34. The van der Waals surface area contributed by atoms with Crippen molar-refractivity contribution >= 4 is 34.8 Å². The van der Waals surface area contributed by atoms with Gasteiger partial charge in [-0.15, -0.1) is 0 Å². The van der Waals surface area contributed by atoms with Gasteiger partial charge in [0.1, 0.15) is 0 Å². The van der Waals surface area contributed by atoms with Gasteiger partial charge in [-0.2, -0.15) is 0 Å². The Balaban J connectivity index is 1.68. The molecule has 1 amide bonds. The number of nitrogens with one attached hydrogen (secondary N) is 2. The van der Waals surface area contributed by atoms with Crippen LogP contribution in [0.4, 0.5) is 5.69 Å². The lowest BCUT2D eigenvalue weighted by atomic mass is 10.1. The van der Waals surface area contributed by atoms with Gasteiger partial charge in [0.2, 0.25) is 5.91 Å². The van der Waals surface area contributed by atoms with Gasteiger partial charge in [-0.05, 0) is 23.3 Å². The fourth-order valence-corrected chi connectivity index (χ4v) is 2.79. The molecular weight excluding hydrogens is 361 g/mol. The van der Waals surface area contributed by atoms with E-state index in [0.717, 1.165) is 5.56 Å². The summed E-state index contributed by atoms with van der Waals surface area (Å²) in [6.45, 7) is 1.32. The van der Waals surface area contributed by atoms with Crippen LogP contribution in [0.15, 0.2) is 42.5 Å². The predicted octanol–water partition coefficient (Wildman–Crippen LogP) is 2.56. The lowest BCUT2D eigenvalue weighted by Gasteiger charge is -2.14. The molecule has 0 saturated heterocycles. The van der Waals surface area contributed by atoms with Crippen molar-refractivity contribution < 1.29 is 9.90 Å². The SMILES string of the molecule is Nc1c(Cl)cc(C(O)CNCCNC(=O)Cc2ccccc2)cc1Cl. The number of hydrogen-bond acceptors (Lipinski definition) is 4. The van der Waals surface area contributed by atoms with E-state index in [9.17, 15) is 9.90 Å². The molecule has 2 rings (SSSR count). The maximum atomic E-state index is 11.8. The van der Waals surface area contributed by atoms with Crippen LogP contribution < -0.4 is 16.4 Å². The first-order valence-electron chi connectivity index (χ1n) is 7.91. The first-order valence-corrected chi connectivity index (χ1v) is 8.66. The van der Waals surface area contributed by atoms with Crippen molar-refractivity contribution in [1.29, 1.82) is 0 Å². The Kier molecular flexibility index (Phi) is 7.52. The molecule has 1 unspecified atom stereocenters. The van der Waals surface area contributed by atoms with Gasteiger partial charge in [-0.25, -0.2) is 0 Å². The largest absolute Gasteiger partial charge is 0.396 e. The fraction of sp³-hybridized carbons (Fsp3) is 0.278. The summed E-state index contributed by atoms with van der Waals surface area (Å²) in [7, 11) is 0. The fourth-order valence-electron chi connectivity index (χ4n) is 2.29. The zero-order chi connectivity index (χ0) is 18.2. The number of carbonyl (C=O) groups excluding carboxylic acids is 1. The molecule has 0 saturated carbocycles. The Bertz CT molecular complexity index is 688. The third-order valence-electron chi connectivity index (χ3n) is 3.66. The van der Waals surface area contributed by atoms with Crippen LogP contribution in [0.1, 0.15) is 17.2 Å². The first-order chi connectivity index (χ1) is 12.0. The van der Waals surface area contributed by atoms with Gasteiger partial charge >= 0.3 is 0 Å². The van der Waals surface area contributed by atoms with Gasteiger partial charge in [-0.3, -0.25) is 4.79 Å². The molecule has 5 N–H and O–H groups in total. The number of halogens is 2. The Morgan fingerprint density at radius 3 is 2.40 bits per heavy atom. The average molecular weight is 382 g/mol. The van der Waals surface area contributed by atoms with Crippen LogP contribution in [0.25, 0.3) is 0 Å². The van der Waals surface area contributed by atoms with Gasteiger partial charge in [0.15, 0.2) is 0 Å². The summed E-state index contributed by atoms with van der Waals surface area (Å²) in [5.74, 6) is -0.0364. The Hall–Kier alpha value is -1.79. The van der Waals surface area contributed by atoms with E-state index < -0.39 is 6.10 Å². The smallest absolute Gasteiger partial charge is 0.224 e. The van der Waals surface area contributed by atoms with E-state index in [1.165, 1.54) is 0 Å². The van der Waals surface area contributed by atoms with E-state index in [-0.39, 0.29) is 5.91 Å². The maximum Gasteiger partial charge on any atom is 0.224 e. The third-order valence-corrected chi connectivity index (χ3v) is 4.28. The second-order valence-electron chi connectivity index (χ2n) is 5.63. The van der Waals surface area contributed by atoms with Gasteiger partial charge in [0.25, 0.3) is 0 Å². The molecule has 0 bridgehead atoms. The number of nitrogens with two attached hydrogens (primary N) is 1. The minimum absolute atomic E-state index is 0.0364. The Morgan fingerprint density at radius 1 is 1.12 bits per heavy atom. The standard InChI is InChI=1S/C18H21Cl2N3O2/c19-14-9-13(10-15(20)18(14)21)16(24)11-22-6-7-23-17(25)8-12-4-2-1-3-5-12/h1-5,9-10,16,22,24H,6-8,11,21H2,(H,23,25). The number of carbonyl (C=O) groups is 1. The zero-order valence-electron chi connectivity index (χ0n) is 13.6. The van der Waals surface area contributed by atoms with Crippen LogP contribution in [-0.2, 0) is 11.2 Å². The normalized spacial score (nSPS) is 12.0. The molecule has 0 spiro atoms. The summed E-state index contributed by atoms with van der Waals surface area (Å²) in [5.41, 5.74) is 7.53. The summed E-state index contributed by atoms with van der Waals surface area (Å²) in [4.78, 5) is 11.8. The average Bonchev–Trinajstić information content (AvgIpc) is 2.59. The quantitative estimate of drug-likeness (QED) is 0.418. The molecule has 0 heterocycles. The summed E-state index contributed by atoms with van der Waals surface area (Å²) in [6.07, 6.45) is -0.415. The molecule has 7 heteroatoms. The van der Waals surface area contributed by atoms with Crippen LogP contribution >= 0.6 is 23.2 Å². The monoisotopic (exact) mass is 381 g/mol. The van der Waals surface area contributed by atoms with Crippen LogP contribution in [0.3, 0.4) is 0 Å². The van der Waals surface area contributed by atoms with Crippen molar-refractivity contribution in [2.45, 2.75) is 12.5 Å². The predicted molar refractivity (Wildman–Crippen MR) is 102 cm³/mol. The van der Waals surface area contributed by atoms with Crippen LogP contribution in [0.5, 0.6) is 0 Å². The van der Waals surface area contributed by atoms with Gasteiger partial charge < -0.3 is 21.5 Å². The number of nitrogen functional groups attached to an aromatic ring is 1. The minimum Gasteiger partial charge on any atom is -0.396 e. The highest BCUT2D eigenvalue weighted by molar-refractivity contribution is 6.38. The van der Waals surface area contributed by atoms with Crippen molar-refractivity contribution in [2.24, 2.45) is 0 Å². The number of rotatable bonds is 8. The molecule has 134 valence electrons. The summed E-state index contributed by atoms with van der Waals surface area (Å²) in [5, 5.41) is 16.7. The topological polar surface area (TPSA) is 87.4 Å². The maximum absolute atomic E-state index is 11.8. The Morgan fingerprint density at radius 2 is 1.76 bits per heavy atom. The number of amides is 1. The molecule has 25 heavy (non-hydrogen) atoms. The second-order valence-corrected chi connectivity index (χ2v) is 6.44. The number of aliphatic hydroxyl groups is 1. The third kappa shape index (κ3) is 6.21. The minimum atomic E-state index is -0.768. The van der Waals surface area contributed by atoms with Gasteiger partial charge in [-0.1, -0.05) is 53.5 Å². The molecule has 2 aromatic carbocycles. The Labute approximate surface area is 157 Å². The van der Waals surface area contributed by atoms with E-state index in [1.54, 1.807) is 12.1 Å². The van der Waals surface area contributed by atoms with Crippen molar-refractivity contribution in [3.8, 4) is 0 Å². The van der Waals surface area contributed by atoms with E-state index in [1.807, 2.05) is 30.3 Å². The molecular formula is C18H21Cl2N3O2. The molecule has 0 radical (unpaired) electrons. The number of hydrogen-bond donors (Lipinski definition) is 4. The van der Waals surface area contributed by atoms with Crippen molar-refractivity contribution in [1.82, 2.24) is 10.6 Å². The lowest BCUT2D eigenvalue weighted by molar-refractivity contribution is -0.120. The molecule has 5 nitrogen and oxygen atoms in total. The van der Waals surface area contributed by atoms with Gasteiger partial charge in [0.05, 0.1) is 28.3 Å². The van der Waals surface area contributed by atoms with Crippen molar-refractivity contribution in [2.75, 3.05) is 25.4 Å². The highest BCUT2D eigenvalue weighted by Crippen LogP contribution is 2.31. The summed E-state index contributed by atoms with van der Waals surface area (Å²) < 4.78 is 0.